The van der Waals surface area contributed by atoms with Gasteiger partial charge in [0.15, 0.2) is 0 Å². The van der Waals surface area contributed by atoms with E-state index < -0.39 is 5.97 Å². The highest BCUT2D eigenvalue weighted by atomic mass is 16.4. The molecule has 1 atom stereocenters. The number of hydrogen-bond donors (Lipinski definition) is 2. The zero-order valence-corrected chi connectivity index (χ0v) is 14.9. The highest BCUT2D eigenvalue weighted by Gasteiger charge is 2.02. The van der Waals surface area contributed by atoms with Crippen molar-refractivity contribution in [1.29, 1.82) is 0 Å². The molecule has 0 aliphatic carbocycles. The summed E-state index contributed by atoms with van der Waals surface area (Å²) in [5.74, 6) is -0.724. The molecule has 0 radical (unpaired) electrons. The van der Waals surface area contributed by atoms with E-state index >= 15 is 0 Å². The summed E-state index contributed by atoms with van der Waals surface area (Å²) >= 11 is 0. The van der Waals surface area contributed by atoms with Crippen LogP contribution < -0.4 is 0 Å². The predicted octanol–water partition coefficient (Wildman–Crippen LogP) is 5.64. The Balaban J connectivity index is 3.37. The molecule has 0 fully saturated rings. The first-order valence-corrected chi connectivity index (χ1v) is 9.36. The smallest absolute Gasteiger partial charge is 0.303 e. The van der Waals surface area contributed by atoms with Gasteiger partial charge in [0, 0.05) is 6.42 Å². The molecule has 2 N–H and O–H groups in total. The molecule has 23 heavy (non-hydrogen) atoms. The first-order valence-electron chi connectivity index (χ1n) is 9.36. The molecule has 0 saturated carbocycles. The van der Waals surface area contributed by atoms with Gasteiger partial charge in [0.05, 0.1) is 6.10 Å². The number of aliphatic hydroxyl groups excluding tert-OH is 1. The molecule has 3 nitrogen and oxygen atoms in total. The van der Waals surface area contributed by atoms with Crippen molar-refractivity contribution in [2.75, 3.05) is 0 Å². The third kappa shape index (κ3) is 18.9. The van der Waals surface area contributed by atoms with Gasteiger partial charge in [-0.2, -0.15) is 0 Å². The SMILES string of the molecule is CCCCCCCCC(O)CC/C=C\C/C=C\CCCC(=O)O. The van der Waals surface area contributed by atoms with Crippen molar-refractivity contribution in [2.24, 2.45) is 0 Å². The fourth-order valence-electron chi connectivity index (χ4n) is 2.47. The summed E-state index contributed by atoms with van der Waals surface area (Å²) in [4.78, 5) is 10.3. The largest absolute Gasteiger partial charge is 0.481 e. The number of allylic oxidation sites excluding steroid dienone is 4. The second-order valence-electron chi connectivity index (χ2n) is 6.25. The van der Waals surface area contributed by atoms with Crippen LogP contribution in [0.5, 0.6) is 0 Å². The second kappa shape index (κ2) is 17.3. The van der Waals surface area contributed by atoms with E-state index in [0.717, 1.165) is 38.5 Å². The Labute approximate surface area is 142 Å². The van der Waals surface area contributed by atoms with Gasteiger partial charge in [-0.1, -0.05) is 69.8 Å². The number of unbranched alkanes of at least 4 members (excludes halogenated alkanes) is 6. The average Bonchev–Trinajstić information content (AvgIpc) is 2.52. The van der Waals surface area contributed by atoms with E-state index in [4.69, 9.17) is 5.11 Å². The number of hydrogen-bond acceptors (Lipinski definition) is 2. The van der Waals surface area contributed by atoms with Gasteiger partial charge in [0.1, 0.15) is 0 Å². The third-order valence-electron chi connectivity index (χ3n) is 3.92. The molecule has 0 spiro atoms. The van der Waals surface area contributed by atoms with Crippen molar-refractivity contribution in [3.8, 4) is 0 Å². The molecular weight excluding hydrogens is 288 g/mol. The number of aliphatic hydroxyl groups is 1. The zero-order chi connectivity index (χ0) is 17.2. The van der Waals surface area contributed by atoms with Crippen molar-refractivity contribution in [2.45, 2.75) is 96.5 Å². The topological polar surface area (TPSA) is 57.5 Å². The average molecular weight is 325 g/mol. The molecule has 0 aliphatic heterocycles. The lowest BCUT2D eigenvalue weighted by Gasteiger charge is -2.08. The van der Waals surface area contributed by atoms with Crippen LogP contribution in [0.15, 0.2) is 24.3 Å². The zero-order valence-electron chi connectivity index (χ0n) is 14.9. The van der Waals surface area contributed by atoms with Gasteiger partial charge in [0.25, 0.3) is 0 Å². The molecule has 0 aliphatic rings. The van der Waals surface area contributed by atoms with Gasteiger partial charge in [-0.05, 0) is 38.5 Å². The van der Waals surface area contributed by atoms with Crippen LogP contribution in [0.3, 0.4) is 0 Å². The van der Waals surface area contributed by atoms with Crippen LogP contribution in [0.2, 0.25) is 0 Å². The van der Waals surface area contributed by atoms with Crippen molar-refractivity contribution < 1.29 is 15.0 Å². The Hall–Kier alpha value is -1.09. The van der Waals surface area contributed by atoms with Crippen molar-refractivity contribution in [3.63, 3.8) is 0 Å². The second-order valence-corrected chi connectivity index (χ2v) is 6.25. The number of aliphatic carboxylic acids is 1. The number of carboxylic acid groups (broad SMARTS) is 1. The summed E-state index contributed by atoms with van der Waals surface area (Å²) in [6.45, 7) is 2.23. The summed E-state index contributed by atoms with van der Waals surface area (Å²) < 4.78 is 0. The van der Waals surface area contributed by atoms with Gasteiger partial charge >= 0.3 is 5.97 Å². The van der Waals surface area contributed by atoms with E-state index in [2.05, 4.69) is 25.2 Å². The first-order chi connectivity index (χ1) is 11.2. The van der Waals surface area contributed by atoms with Crippen molar-refractivity contribution in [3.05, 3.63) is 24.3 Å². The van der Waals surface area contributed by atoms with Gasteiger partial charge < -0.3 is 10.2 Å². The molecule has 0 saturated heterocycles. The summed E-state index contributed by atoms with van der Waals surface area (Å²) in [7, 11) is 0. The summed E-state index contributed by atoms with van der Waals surface area (Å²) in [6.07, 6.45) is 21.3. The van der Waals surface area contributed by atoms with E-state index in [-0.39, 0.29) is 12.5 Å². The minimum atomic E-state index is -0.724. The summed E-state index contributed by atoms with van der Waals surface area (Å²) in [5, 5.41) is 18.4. The van der Waals surface area contributed by atoms with Crippen LogP contribution in [0.4, 0.5) is 0 Å². The fourth-order valence-corrected chi connectivity index (χ4v) is 2.47. The summed E-state index contributed by atoms with van der Waals surface area (Å²) in [6, 6.07) is 0. The predicted molar refractivity (Wildman–Crippen MR) is 97.6 cm³/mol. The maximum Gasteiger partial charge on any atom is 0.303 e. The highest BCUT2D eigenvalue weighted by molar-refractivity contribution is 5.66. The van der Waals surface area contributed by atoms with Gasteiger partial charge in [-0.25, -0.2) is 0 Å². The Morgan fingerprint density at radius 3 is 2.22 bits per heavy atom. The molecule has 1 unspecified atom stereocenters. The lowest BCUT2D eigenvalue weighted by atomic mass is 10.0. The monoisotopic (exact) mass is 324 g/mol. The minimum Gasteiger partial charge on any atom is -0.481 e. The van der Waals surface area contributed by atoms with Crippen LogP contribution in [0, 0.1) is 0 Å². The van der Waals surface area contributed by atoms with Crippen molar-refractivity contribution >= 4 is 5.97 Å². The van der Waals surface area contributed by atoms with Crippen LogP contribution >= 0.6 is 0 Å². The molecule has 0 aromatic carbocycles. The van der Waals surface area contributed by atoms with Crippen LogP contribution in [-0.4, -0.2) is 22.3 Å². The molecule has 0 amide bonds. The maximum atomic E-state index is 10.3. The fraction of sp³-hybridized carbons (Fsp3) is 0.750. The van der Waals surface area contributed by atoms with E-state index in [1.165, 1.54) is 32.1 Å². The molecular formula is C20H36O3. The highest BCUT2D eigenvalue weighted by Crippen LogP contribution is 2.11. The van der Waals surface area contributed by atoms with E-state index in [0.29, 0.717) is 6.42 Å². The first kappa shape index (κ1) is 21.9. The number of rotatable bonds is 16. The third-order valence-corrected chi connectivity index (χ3v) is 3.92. The standard InChI is InChI=1S/C20H36O3/c1-2-3-4-5-10-13-16-19(21)17-14-11-8-6-7-9-12-15-18-20(22)23/h7-9,11,19,21H,2-6,10,12-18H2,1H3,(H,22,23)/b9-7-,11-8-. The normalized spacial score (nSPS) is 13.1. The van der Waals surface area contributed by atoms with Crippen molar-refractivity contribution in [1.82, 2.24) is 0 Å². The quantitative estimate of drug-likeness (QED) is 0.285. The Morgan fingerprint density at radius 1 is 0.870 bits per heavy atom. The van der Waals surface area contributed by atoms with Crippen LogP contribution in [0.25, 0.3) is 0 Å². The van der Waals surface area contributed by atoms with Gasteiger partial charge in [0.2, 0.25) is 0 Å². The van der Waals surface area contributed by atoms with E-state index in [9.17, 15) is 9.90 Å². The molecule has 3 heteroatoms. The Kier molecular flexibility index (Phi) is 16.4. The van der Waals surface area contributed by atoms with E-state index in [1.54, 1.807) is 0 Å². The number of carbonyl (C=O) groups is 1. The molecule has 0 rings (SSSR count). The van der Waals surface area contributed by atoms with Crippen LogP contribution in [-0.2, 0) is 4.79 Å². The molecule has 0 aromatic rings. The molecule has 0 bridgehead atoms. The lowest BCUT2D eigenvalue weighted by molar-refractivity contribution is -0.137. The molecule has 134 valence electrons. The maximum absolute atomic E-state index is 10.3. The molecule has 0 heterocycles. The Morgan fingerprint density at radius 2 is 1.52 bits per heavy atom. The lowest BCUT2D eigenvalue weighted by Crippen LogP contribution is -2.05. The number of carboxylic acids is 1. The Bertz CT molecular complexity index is 321. The van der Waals surface area contributed by atoms with Gasteiger partial charge in [-0.3, -0.25) is 4.79 Å². The van der Waals surface area contributed by atoms with Gasteiger partial charge in [-0.15, -0.1) is 0 Å². The molecule has 0 aromatic heterocycles. The van der Waals surface area contributed by atoms with Crippen LogP contribution in [0.1, 0.15) is 90.4 Å². The summed E-state index contributed by atoms with van der Waals surface area (Å²) in [5.41, 5.74) is 0. The van der Waals surface area contributed by atoms with E-state index in [1.807, 2.05) is 6.08 Å². The minimum absolute atomic E-state index is 0.155.